The Balaban J connectivity index is 2.05. The van der Waals surface area contributed by atoms with Crippen molar-refractivity contribution in [2.45, 2.75) is 32.4 Å². The largest absolute Gasteiger partial charge is 0.396 e. The molecule has 2 rings (SSSR count). The van der Waals surface area contributed by atoms with Gasteiger partial charge in [0.25, 0.3) is 0 Å². The molecule has 0 fully saturated rings. The molecule has 1 aromatic heterocycles. The summed E-state index contributed by atoms with van der Waals surface area (Å²) < 4.78 is 0. The summed E-state index contributed by atoms with van der Waals surface area (Å²) in [5, 5.41) is 20.6. The lowest BCUT2D eigenvalue weighted by atomic mass is 10.1. The van der Waals surface area contributed by atoms with Crippen LogP contribution in [0.15, 0.2) is 24.4 Å². The Morgan fingerprint density at radius 3 is 3.12 bits per heavy atom. The van der Waals surface area contributed by atoms with Crippen molar-refractivity contribution in [2.75, 3.05) is 6.61 Å². The smallest absolute Gasteiger partial charge is 0.0695 e. The van der Waals surface area contributed by atoms with Crippen molar-refractivity contribution in [3.05, 3.63) is 30.0 Å². The molecule has 0 aliphatic rings. The Hall–Kier alpha value is -1.39. The fourth-order valence-corrected chi connectivity index (χ4v) is 2.04. The minimum atomic E-state index is 0.236. The van der Waals surface area contributed by atoms with Crippen molar-refractivity contribution in [1.29, 1.82) is 0 Å². The van der Waals surface area contributed by atoms with E-state index in [2.05, 4.69) is 28.5 Å². The molecule has 1 atom stereocenters. The van der Waals surface area contributed by atoms with Gasteiger partial charge in [0.1, 0.15) is 0 Å². The number of nitrogens with one attached hydrogen (secondary N) is 2. The summed E-state index contributed by atoms with van der Waals surface area (Å²) in [6.45, 7) is 3.17. The van der Waals surface area contributed by atoms with E-state index in [4.69, 9.17) is 5.11 Å². The number of para-hydroxylation sites is 1. The first-order chi connectivity index (χ1) is 8.35. The Bertz CT molecular complexity index is 466. The number of aromatic nitrogens is 2. The van der Waals surface area contributed by atoms with Crippen LogP contribution in [0.25, 0.3) is 10.9 Å². The van der Waals surface area contributed by atoms with Crippen LogP contribution in [-0.2, 0) is 6.54 Å². The highest BCUT2D eigenvalue weighted by atomic mass is 16.3. The number of fused-ring (bicyclic) bond motifs is 1. The van der Waals surface area contributed by atoms with E-state index in [0.717, 1.165) is 30.3 Å². The van der Waals surface area contributed by atoms with Crippen LogP contribution in [0, 0.1) is 0 Å². The van der Waals surface area contributed by atoms with Crippen molar-refractivity contribution < 1.29 is 5.11 Å². The molecule has 4 heteroatoms. The summed E-state index contributed by atoms with van der Waals surface area (Å²) >= 11 is 0. The van der Waals surface area contributed by atoms with Crippen molar-refractivity contribution >= 4 is 10.9 Å². The van der Waals surface area contributed by atoms with Gasteiger partial charge in [-0.25, -0.2) is 0 Å². The molecular weight excluding hydrogens is 214 g/mol. The third-order valence-electron chi connectivity index (χ3n) is 3.11. The van der Waals surface area contributed by atoms with Gasteiger partial charge in [-0.3, -0.25) is 5.10 Å². The van der Waals surface area contributed by atoms with Crippen molar-refractivity contribution in [1.82, 2.24) is 15.5 Å². The second-order valence-corrected chi connectivity index (χ2v) is 4.25. The maximum atomic E-state index is 8.95. The van der Waals surface area contributed by atoms with Crippen LogP contribution in [0.5, 0.6) is 0 Å². The van der Waals surface area contributed by atoms with Crippen molar-refractivity contribution in [3.63, 3.8) is 0 Å². The molecule has 0 aliphatic carbocycles. The molecule has 0 bridgehead atoms. The van der Waals surface area contributed by atoms with Gasteiger partial charge in [0, 0.05) is 24.6 Å². The van der Waals surface area contributed by atoms with Crippen LogP contribution in [-0.4, -0.2) is 28.0 Å². The van der Waals surface area contributed by atoms with Gasteiger partial charge < -0.3 is 10.4 Å². The average molecular weight is 233 g/mol. The van der Waals surface area contributed by atoms with Gasteiger partial charge in [-0.05, 0) is 18.4 Å². The van der Waals surface area contributed by atoms with Crippen LogP contribution in [0.4, 0.5) is 0 Å². The van der Waals surface area contributed by atoms with E-state index in [1.54, 1.807) is 0 Å². The van der Waals surface area contributed by atoms with Crippen molar-refractivity contribution in [3.8, 4) is 0 Å². The highest BCUT2D eigenvalue weighted by molar-refractivity contribution is 5.81. The lowest BCUT2D eigenvalue weighted by Crippen LogP contribution is -2.28. The molecular formula is C13H19N3O. The molecule has 0 spiro atoms. The number of aliphatic hydroxyl groups excluding tert-OH is 1. The number of H-pyrrole nitrogens is 1. The summed E-state index contributed by atoms with van der Waals surface area (Å²) in [5.74, 6) is 0. The molecule has 92 valence electrons. The standard InChI is InChI=1S/C13H19N3O/c1-2-12(6-7-17)14-8-10-4-3-5-11-9-15-16-13(10)11/h3-5,9,12,14,17H,2,6-8H2,1H3,(H,15,16). The number of hydrogen-bond donors (Lipinski definition) is 3. The molecule has 0 saturated carbocycles. The van der Waals surface area contributed by atoms with Gasteiger partial charge in [-0.1, -0.05) is 25.1 Å². The molecule has 2 aromatic rings. The Labute approximate surface area is 101 Å². The molecule has 1 aromatic carbocycles. The van der Waals surface area contributed by atoms with Gasteiger partial charge in [0.05, 0.1) is 11.7 Å². The predicted molar refractivity (Wildman–Crippen MR) is 68.7 cm³/mol. The zero-order chi connectivity index (χ0) is 12.1. The Kier molecular flexibility index (Phi) is 4.12. The molecule has 17 heavy (non-hydrogen) atoms. The van der Waals surface area contributed by atoms with Gasteiger partial charge >= 0.3 is 0 Å². The van der Waals surface area contributed by atoms with Crippen LogP contribution in [0.1, 0.15) is 25.3 Å². The highest BCUT2D eigenvalue weighted by Gasteiger charge is 2.07. The lowest BCUT2D eigenvalue weighted by Gasteiger charge is -2.15. The van der Waals surface area contributed by atoms with Crippen molar-refractivity contribution in [2.24, 2.45) is 0 Å². The molecule has 4 nitrogen and oxygen atoms in total. The predicted octanol–water partition coefficient (Wildman–Crippen LogP) is 1.81. The zero-order valence-electron chi connectivity index (χ0n) is 10.1. The molecule has 0 amide bonds. The highest BCUT2D eigenvalue weighted by Crippen LogP contribution is 2.15. The fraction of sp³-hybridized carbons (Fsp3) is 0.462. The minimum Gasteiger partial charge on any atom is -0.396 e. The zero-order valence-corrected chi connectivity index (χ0v) is 10.1. The molecule has 0 radical (unpaired) electrons. The Morgan fingerprint density at radius 2 is 2.35 bits per heavy atom. The lowest BCUT2D eigenvalue weighted by molar-refractivity contribution is 0.262. The topological polar surface area (TPSA) is 60.9 Å². The third-order valence-corrected chi connectivity index (χ3v) is 3.11. The molecule has 0 saturated heterocycles. The maximum Gasteiger partial charge on any atom is 0.0695 e. The van der Waals surface area contributed by atoms with E-state index in [0.29, 0.717) is 6.04 Å². The third kappa shape index (κ3) is 2.84. The SMILES string of the molecule is CCC(CCO)NCc1cccc2cn[nH]c12. The number of aromatic amines is 1. The first-order valence-electron chi connectivity index (χ1n) is 6.10. The van der Waals surface area contributed by atoms with Crippen LogP contribution in [0.3, 0.4) is 0 Å². The second-order valence-electron chi connectivity index (χ2n) is 4.25. The quantitative estimate of drug-likeness (QED) is 0.713. The summed E-state index contributed by atoms with van der Waals surface area (Å²) in [5.41, 5.74) is 2.32. The number of rotatable bonds is 6. The maximum absolute atomic E-state index is 8.95. The summed E-state index contributed by atoms with van der Waals surface area (Å²) in [6, 6.07) is 6.56. The van der Waals surface area contributed by atoms with E-state index < -0.39 is 0 Å². The average Bonchev–Trinajstić information content (AvgIpc) is 2.83. The number of benzene rings is 1. The van der Waals surface area contributed by atoms with Crippen LogP contribution >= 0.6 is 0 Å². The van der Waals surface area contributed by atoms with Crippen LogP contribution in [0.2, 0.25) is 0 Å². The normalized spacial score (nSPS) is 13.1. The van der Waals surface area contributed by atoms with Gasteiger partial charge in [0.15, 0.2) is 0 Å². The first-order valence-corrected chi connectivity index (χ1v) is 6.10. The number of aliphatic hydroxyl groups is 1. The molecule has 1 unspecified atom stereocenters. The van der Waals surface area contributed by atoms with E-state index in [9.17, 15) is 0 Å². The van der Waals surface area contributed by atoms with E-state index in [-0.39, 0.29) is 6.61 Å². The fourth-order valence-electron chi connectivity index (χ4n) is 2.04. The van der Waals surface area contributed by atoms with Crippen LogP contribution < -0.4 is 5.32 Å². The number of nitrogens with zero attached hydrogens (tertiary/aromatic N) is 1. The molecule has 0 aliphatic heterocycles. The summed E-state index contributed by atoms with van der Waals surface area (Å²) in [4.78, 5) is 0. The van der Waals surface area contributed by atoms with Gasteiger partial charge in [-0.15, -0.1) is 0 Å². The van der Waals surface area contributed by atoms with E-state index >= 15 is 0 Å². The monoisotopic (exact) mass is 233 g/mol. The van der Waals surface area contributed by atoms with Gasteiger partial charge in [-0.2, -0.15) is 5.10 Å². The van der Waals surface area contributed by atoms with E-state index in [1.165, 1.54) is 5.56 Å². The second kappa shape index (κ2) is 5.80. The summed E-state index contributed by atoms with van der Waals surface area (Å²) in [7, 11) is 0. The molecule has 3 N–H and O–H groups in total. The Morgan fingerprint density at radius 1 is 1.47 bits per heavy atom. The summed E-state index contributed by atoms with van der Waals surface area (Å²) in [6.07, 6.45) is 3.67. The van der Waals surface area contributed by atoms with Gasteiger partial charge in [0.2, 0.25) is 0 Å². The minimum absolute atomic E-state index is 0.236. The first kappa shape index (κ1) is 12.1. The molecule has 1 heterocycles. The number of hydrogen-bond acceptors (Lipinski definition) is 3. The van der Waals surface area contributed by atoms with E-state index in [1.807, 2.05) is 18.3 Å².